The fourth-order valence-electron chi connectivity index (χ4n) is 4.01. The van der Waals surface area contributed by atoms with E-state index in [4.69, 9.17) is 0 Å². The Labute approximate surface area is 247 Å². The van der Waals surface area contributed by atoms with Crippen LogP contribution in [0.3, 0.4) is 0 Å². The lowest BCUT2D eigenvalue weighted by Crippen LogP contribution is -2.31. The van der Waals surface area contributed by atoms with Crippen LogP contribution in [-0.4, -0.2) is 50.2 Å². The number of alkyl halides is 3. The van der Waals surface area contributed by atoms with Crippen molar-refractivity contribution in [2.45, 2.75) is 13.3 Å². The van der Waals surface area contributed by atoms with Gasteiger partial charge in [0.1, 0.15) is 12.1 Å². The Morgan fingerprint density at radius 1 is 1.12 bits per heavy atom. The molecule has 1 fully saturated rings. The van der Waals surface area contributed by atoms with Crippen LogP contribution in [0.2, 0.25) is 0 Å². The standard InChI is InChI=1S/C29H22F3N7O3S/c1-3-20-7-4-18(2)14-24(20)39-25(40)16-43-28(39)35-27(41)36-34-15-19-5-8-21(9-6-19)26-33-17-38(37-26)22-10-12-23(13-11-22)42-29(30,31)32/h3-15,17H,1,16H2,2H3,(H,36,41)/b34-15+,35-28-. The number of benzene rings is 3. The van der Waals surface area contributed by atoms with E-state index in [1.165, 1.54) is 46.4 Å². The summed E-state index contributed by atoms with van der Waals surface area (Å²) in [6.07, 6.45) is -0.261. The molecule has 5 rings (SSSR count). The number of thioether (sulfide) groups is 1. The van der Waals surface area contributed by atoms with Crippen molar-refractivity contribution < 1.29 is 27.5 Å². The number of aryl methyl sites for hydroxylation is 1. The minimum Gasteiger partial charge on any atom is -0.406 e. The van der Waals surface area contributed by atoms with Crippen molar-refractivity contribution in [1.82, 2.24) is 20.2 Å². The average molecular weight is 606 g/mol. The van der Waals surface area contributed by atoms with E-state index in [-0.39, 0.29) is 22.6 Å². The minimum atomic E-state index is -4.77. The van der Waals surface area contributed by atoms with Crippen molar-refractivity contribution in [2.24, 2.45) is 10.1 Å². The Kier molecular flexibility index (Phi) is 8.39. The summed E-state index contributed by atoms with van der Waals surface area (Å²) in [6, 6.07) is 17.1. The lowest BCUT2D eigenvalue weighted by Gasteiger charge is -2.19. The van der Waals surface area contributed by atoms with Crippen molar-refractivity contribution in [3.05, 3.63) is 96.3 Å². The summed E-state index contributed by atoms with van der Waals surface area (Å²) < 4.78 is 42.4. The second kappa shape index (κ2) is 12.3. The summed E-state index contributed by atoms with van der Waals surface area (Å²) in [6.45, 7) is 5.70. The van der Waals surface area contributed by atoms with E-state index in [0.29, 0.717) is 28.3 Å². The van der Waals surface area contributed by atoms with Crippen LogP contribution in [0.15, 0.2) is 89.7 Å². The lowest BCUT2D eigenvalue weighted by atomic mass is 10.1. The largest absolute Gasteiger partial charge is 0.573 e. The normalized spacial score (nSPS) is 14.5. The van der Waals surface area contributed by atoms with Crippen molar-refractivity contribution in [3.8, 4) is 22.8 Å². The molecule has 1 aliphatic heterocycles. The Morgan fingerprint density at radius 2 is 1.86 bits per heavy atom. The fourth-order valence-corrected chi connectivity index (χ4v) is 4.87. The number of nitrogens with one attached hydrogen (secondary N) is 1. The van der Waals surface area contributed by atoms with E-state index in [0.717, 1.165) is 22.9 Å². The first kappa shape index (κ1) is 29.3. The number of nitrogens with zero attached hydrogens (tertiary/aromatic N) is 6. The van der Waals surface area contributed by atoms with Gasteiger partial charge < -0.3 is 4.74 Å². The lowest BCUT2D eigenvalue weighted by molar-refractivity contribution is -0.274. The second-order valence-corrected chi connectivity index (χ2v) is 9.97. The molecule has 0 radical (unpaired) electrons. The van der Waals surface area contributed by atoms with Gasteiger partial charge in [-0.05, 0) is 53.9 Å². The van der Waals surface area contributed by atoms with Gasteiger partial charge in [0.05, 0.1) is 23.3 Å². The van der Waals surface area contributed by atoms with Crippen LogP contribution in [0.4, 0.5) is 23.7 Å². The number of hydrogen-bond donors (Lipinski definition) is 1. The zero-order valence-corrected chi connectivity index (χ0v) is 23.3. The zero-order chi connectivity index (χ0) is 30.6. The smallest absolute Gasteiger partial charge is 0.406 e. The molecule has 0 bridgehead atoms. The number of rotatable bonds is 7. The van der Waals surface area contributed by atoms with E-state index >= 15 is 0 Å². The number of amidine groups is 1. The highest BCUT2D eigenvalue weighted by Gasteiger charge is 2.32. The van der Waals surface area contributed by atoms with E-state index in [1.807, 2.05) is 25.1 Å². The highest BCUT2D eigenvalue weighted by Crippen LogP contribution is 2.31. The molecule has 1 saturated heterocycles. The van der Waals surface area contributed by atoms with E-state index in [9.17, 15) is 22.8 Å². The molecule has 43 heavy (non-hydrogen) atoms. The summed E-state index contributed by atoms with van der Waals surface area (Å²) in [5.41, 5.74) is 6.48. The summed E-state index contributed by atoms with van der Waals surface area (Å²) in [7, 11) is 0. The molecule has 0 atom stereocenters. The van der Waals surface area contributed by atoms with Crippen molar-refractivity contribution >= 4 is 46.8 Å². The number of anilines is 1. The van der Waals surface area contributed by atoms with Crippen LogP contribution in [0, 0.1) is 6.92 Å². The molecule has 0 unspecified atom stereocenters. The van der Waals surface area contributed by atoms with Crippen LogP contribution in [0.5, 0.6) is 5.75 Å². The topological polar surface area (TPSA) is 114 Å². The molecule has 1 aliphatic rings. The Balaban J connectivity index is 1.21. The first-order chi connectivity index (χ1) is 20.6. The molecule has 10 nitrogen and oxygen atoms in total. The minimum absolute atomic E-state index is 0.155. The first-order valence-corrected chi connectivity index (χ1v) is 13.6. The van der Waals surface area contributed by atoms with Gasteiger partial charge >= 0.3 is 12.4 Å². The highest BCUT2D eigenvalue weighted by molar-refractivity contribution is 8.15. The van der Waals surface area contributed by atoms with Crippen LogP contribution in [0.1, 0.15) is 16.7 Å². The molecule has 4 aromatic rings. The molecule has 0 saturated carbocycles. The molecule has 1 aromatic heterocycles. The predicted octanol–water partition coefficient (Wildman–Crippen LogP) is 5.96. The van der Waals surface area contributed by atoms with Gasteiger partial charge in [0.2, 0.25) is 5.91 Å². The third-order valence-electron chi connectivity index (χ3n) is 5.98. The highest BCUT2D eigenvalue weighted by atomic mass is 32.2. The maximum absolute atomic E-state index is 12.6. The quantitative estimate of drug-likeness (QED) is 0.205. The monoisotopic (exact) mass is 605 g/mol. The van der Waals surface area contributed by atoms with Crippen molar-refractivity contribution in [3.63, 3.8) is 0 Å². The maximum atomic E-state index is 12.6. The molecule has 3 amide bonds. The number of hydrogen-bond acceptors (Lipinski definition) is 7. The van der Waals surface area contributed by atoms with E-state index < -0.39 is 12.4 Å². The van der Waals surface area contributed by atoms with E-state index in [2.05, 4.69) is 36.9 Å². The SMILES string of the molecule is C=Cc1ccc(C)cc1N1C(=O)CS/C1=N\C(=O)N/N=C/c1ccc(-c2ncn(-c3ccc(OC(F)(F)F)cc3)n2)cc1. The van der Waals surface area contributed by atoms with Crippen LogP contribution >= 0.6 is 11.8 Å². The van der Waals surface area contributed by atoms with Gasteiger partial charge in [-0.2, -0.15) is 10.1 Å². The van der Waals surface area contributed by atoms with Gasteiger partial charge in [0.15, 0.2) is 11.0 Å². The number of urea groups is 1. The van der Waals surface area contributed by atoms with Gasteiger partial charge in [0, 0.05) is 5.56 Å². The van der Waals surface area contributed by atoms with Crippen molar-refractivity contribution in [2.75, 3.05) is 10.7 Å². The van der Waals surface area contributed by atoms with Crippen LogP contribution < -0.4 is 15.1 Å². The van der Waals surface area contributed by atoms with Gasteiger partial charge in [-0.25, -0.2) is 19.9 Å². The second-order valence-electron chi connectivity index (χ2n) is 9.03. The molecule has 0 spiro atoms. The van der Waals surface area contributed by atoms with Crippen molar-refractivity contribution in [1.29, 1.82) is 0 Å². The number of halogens is 3. The molecule has 1 N–H and O–H groups in total. The summed E-state index contributed by atoms with van der Waals surface area (Å²) in [5.74, 6) is 0.0188. The number of ether oxygens (including phenoxy) is 1. The summed E-state index contributed by atoms with van der Waals surface area (Å²) in [5, 5.41) is 8.56. The van der Waals surface area contributed by atoms with Gasteiger partial charge in [-0.15, -0.1) is 18.3 Å². The average Bonchev–Trinajstić information content (AvgIpc) is 3.60. The Hall–Kier alpha value is -5.24. The molecule has 2 heterocycles. The predicted molar refractivity (Wildman–Crippen MR) is 158 cm³/mol. The number of hydrazone groups is 1. The molecular weight excluding hydrogens is 583 g/mol. The van der Waals surface area contributed by atoms with Crippen LogP contribution in [0.25, 0.3) is 23.2 Å². The number of amides is 3. The summed E-state index contributed by atoms with van der Waals surface area (Å²) in [4.78, 5) is 34.8. The number of carbonyl (C=O) groups is 2. The number of aromatic nitrogens is 3. The number of carbonyl (C=O) groups excluding carboxylic acids is 2. The zero-order valence-electron chi connectivity index (χ0n) is 22.4. The first-order valence-electron chi connectivity index (χ1n) is 12.6. The van der Waals surface area contributed by atoms with E-state index in [1.54, 1.807) is 30.3 Å². The third kappa shape index (κ3) is 7.16. The maximum Gasteiger partial charge on any atom is 0.573 e. The third-order valence-corrected chi connectivity index (χ3v) is 6.90. The fraction of sp³-hybridized carbons (Fsp3) is 0.103. The number of aliphatic imine (C=N–C) groups is 1. The molecular formula is C29H22F3N7O3S. The van der Waals surface area contributed by atoms with Crippen LogP contribution in [-0.2, 0) is 4.79 Å². The Bertz CT molecular complexity index is 1730. The van der Waals surface area contributed by atoms with Gasteiger partial charge in [-0.1, -0.05) is 60.8 Å². The molecule has 14 heteroatoms. The van der Waals surface area contributed by atoms with Gasteiger partial charge in [0.25, 0.3) is 0 Å². The molecule has 0 aliphatic carbocycles. The van der Waals surface area contributed by atoms with Gasteiger partial charge in [-0.3, -0.25) is 9.69 Å². The molecule has 218 valence electrons. The summed E-state index contributed by atoms with van der Waals surface area (Å²) >= 11 is 1.16. The Morgan fingerprint density at radius 3 is 2.56 bits per heavy atom. The molecule has 3 aromatic carbocycles.